The molecular formula is C48H82N6O12. The average Bonchev–Trinajstić information content (AvgIpc) is 3.73. The van der Waals surface area contributed by atoms with E-state index in [1.54, 1.807) is 53.9 Å². The lowest BCUT2D eigenvalue weighted by Crippen LogP contribution is -2.61. The van der Waals surface area contributed by atoms with Crippen molar-refractivity contribution < 1.29 is 58.7 Å². The SMILES string of the molecule is CC[C@H]1OC(=O)[C@H](C)[C@@H](O[C@H]2C[C@@](C)(OC)[C@@H](O)[C@H](C)O2)[C@H](C)[C@@H](O[C@@H]2O[C@H](C)C[C@H](N(C)CCc3cn(CCc4ccncc4)nn3)[C@H]2O)[C@](C)(O)C[C@@H](C)CN(C)[C@H](C)[C@@H](O)[C@]1(C)O. The van der Waals surface area contributed by atoms with Crippen molar-refractivity contribution in [2.75, 3.05) is 34.3 Å². The second kappa shape index (κ2) is 22.8. The summed E-state index contributed by atoms with van der Waals surface area (Å²) in [5, 5.41) is 68.2. The molecule has 3 fully saturated rings. The lowest BCUT2D eigenvalue weighted by molar-refractivity contribution is -0.318. The molecule has 0 radical (unpaired) electrons. The highest BCUT2D eigenvalue weighted by molar-refractivity contribution is 5.73. The van der Waals surface area contributed by atoms with Crippen LogP contribution in [-0.4, -0.2) is 186 Å². The number of pyridine rings is 1. The summed E-state index contributed by atoms with van der Waals surface area (Å²) in [6.45, 7) is 19.3. The van der Waals surface area contributed by atoms with Crippen molar-refractivity contribution in [1.82, 2.24) is 29.8 Å². The van der Waals surface area contributed by atoms with Crippen LogP contribution in [0.15, 0.2) is 30.7 Å². The van der Waals surface area contributed by atoms with Gasteiger partial charge in [0.25, 0.3) is 0 Å². The van der Waals surface area contributed by atoms with Gasteiger partial charge in [0, 0.05) is 76.2 Å². The molecule has 5 N–H and O–H groups in total. The molecule has 0 aromatic carbocycles. The van der Waals surface area contributed by atoms with Crippen molar-refractivity contribution in [2.24, 2.45) is 17.8 Å². The molecule has 0 bridgehead atoms. The van der Waals surface area contributed by atoms with E-state index in [1.165, 1.54) is 14.0 Å². The summed E-state index contributed by atoms with van der Waals surface area (Å²) in [6, 6.07) is 3.01. The van der Waals surface area contributed by atoms with Gasteiger partial charge in [-0.15, -0.1) is 5.10 Å². The largest absolute Gasteiger partial charge is 0.459 e. The third-order valence-electron chi connectivity index (χ3n) is 14.8. The Bertz CT molecular complexity index is 1810. The van der Waals surface area contributed by atoms with Gasteiger partial charge in [0.15, 0.2) is 12.6 Å². The maximum absolute atomic E-state index is 14.4. The number of nitrogens with zero attached hydrogens (tertiary/aromatic N) is 6. The molecule has 18 heteroatoms. The van der Waals surface area contributed by atoms with E-state index in [-0.39, 0.29) is 31.3 Å². The highest BCUT2D eigenvalue weighted by Gasteiger charge is 2.53. The Morgan fingerprint density at radius 1 is 0.955 bits per heavy atom. The second-order valence-corrected chi connectivity index (χ2v) is 20.5. The number of methoxy groups -OCH3 is 1. The van der Waals surface area contributed by atoms with Gasteiger partial charge in [-0.2, -0.15) is 0 Å². The van der Waals surface area contributed by atoms with Crippen LogP contribution in [0.2, 0.25) is 0 Å². The van der Waals surface area contributed by atoms with Crippen LogP contribution in [0.4, 0.5) is 0 Å². The topological polar surface area (TPSA) is 224 Å². The normalized spacial score (nSPS) is 41.6. The summed E-state index contributed by atoms with van der Waals surface area (Å²) < 4.78 is 40.1. The molecule has 0 amide bonds. The first-order chi connectivity index (χ1) is 30.9. The fourth-order valence-electron chi connectivity index (χ4n) is 10.5. The average molecular weight is 935 g/mol. The number of cyclic esters (lactones) is 1. The first-order valence-corrected chi connectivity index (χ1v) is 24.0. The van der Waals surface area contributed by atoms with Gasteiger partial charge in [0.1, 0.15) is 30.0 Å². The fraction of sp³-hybridized carbons (Fsp3) is 0.833. The minimum absolute atomic E-state index is 0.111. The number of esters is 1. The zero-order chi connectivity index (χ0) is 48.9. The summed E-state index contributed by atoms with van der Waals surface area (Å²) in [6.07, 6.45) is -1.95. The van der Waals surface area contributed by atoms with Crippen LogP contribution in [0.25, 0.3) is 0 Å². The Hall–Kier alpha value is -2.72. The highest BCUT2D eigenvalue weighted by Crippen LogP contribution is 2.40. The van der Waals surface area contributed by atoms with E-state index in [2.05, 4.69) is 20.2 Å². The minimum Gasteiger partial charge on any atom is -0.459 e. The summed E-state index contributed by atoms with van der Waals surface area (Å²) in [5.74, 6) is -2.73. The Morgan fingerprint density at radius 2 is 1.64 bits per heavy atom. The van der Waals surface area contributed by atoms with E-state index < -0.39 is 102 Å². The minimum atomic E-state index is -1.83. The van der Waals surface area contributed by atoms with E-state index >= 15 is 0 Å². The number of likely N-dealkylation sites (N-methyl/N-ethyl adjacent to an activating group) is 2. The van der Waals surface area contributed by atoms with E-state index in [0.717, 1.165) is 17.7 Å². The maximum Gasteiger partial charge on any atom is 0.311 e. The van der Waals surface area contributed by atoms with Crippen molar-refractivity contribution in [1.29, 1.82) is 0 Å². The summed E-state index contributed by atoms with van der Waals surface area (Å²) in [7, 11) is 5.30. The fourth-order valence-corrected chi connectivity index (χ4v) is 10.5. The van der Waals surface area contributed by atoms with E-state index in [4.69, 9.17) is 28.4 Å². The zero-order valence-electron chi connectivity index (χ0n) is 41.7. The zero-order valence-corrected chi connectivity index (χ0v) is 41.7. The van der Waals surface area contributed by atoms with Gasteiger partial charge in [-0.3, -0.25) is 14.5 Å². The van der Waals surface area contributed by atoms with Crippen molar-refractivity contribution >= 4 is 5.97 Å². The number of aromatic nitrogens is 4. The molecule has 2 aromatic rings. The summed E-state index contributed by atoms with van der Waals surface area (Å²) in [4.78, 5) is 22.5. The molecule has 3 aliphatic rings. The van der Waals surface area contributed by atoms with Gasteiger partial charge in [-0.05, 0) is 112 Å². The number of carbonyl (C=O) groups is 1. The molecule has 3 aliphatic heterocycles. The Balaban J connectivity index is 1.45. The number of aryl methyl sites for hydroxylation is 2. The van der Waals surface area contributed by atoms with Crippen LogP contribution in [-0.2, 0) is 52.6 Å². The Morgan fingerprint density at radius 3 is 2.29 bits per heavy atom. The summed E-state index contributed by atoms with van der Waals surface area (Å²) >= 11 is 0. The van der Waals surface area contributed by atoms with Gasteiger partial charge < -0.3 is 63.8 Å². The molecule has 3 saturated heterocycles. The predicted octanol–water partition coefficient (Wildman–Crippen LogP) is 2.74. The Labute approximate surface area is 392 Å². The van der Waals surface area contributed by atoms with Crippen LogP contribution in [0.5, 0.6) is 0 Å². The van der Waals surface area contributed by atoms with E-state index in [1.807, 2.05) is 62.8 Å². The number of hydrogen-bond acceptors (Lipinski definition) is 17. The molecule has 18 atom stereocenters. The monoisotopic (exact) mass is 935 g/mol. The smallest absolute Gasteiger partial charge is 0.311 e. The number of hydrogen-bond donors (Lipinski definition) is 5. The molecule has 18 nitrogen and oxygen atoms in total. The molecular weight excluding hydrogens is 853 g/mol. The predicted molar refractivity (Wildman–Crippen MR) is 245 cm³/mol. The van der Waals surface area contributed by atoms with Crippen molar-refractivity contribution in [3.05, 3.63) is 42.0 Å². The van der Waals surface area contributed by atoms with E-state index in [0.29, 0.717) is 32.5 Å². The molecule has 0 saturated carbocycles. The van der Waals surface area contributed by atoms with Gasteiger partial charge in [0.2, 0.25) is 0 Å². The van der Waals surface area contributed by atoms with Gasteiger partial charge in [0.05, 0.1) is 47.2 Å². The standard InChI is InChI=1S/C48H82N6O12/c1-14-37-48(10,60)41(56)32(6)53(12)26-28(2)24-46(8,59)43(30(4)40(31(5)44(58)64-37)65-38-25-47(9,61-13)42(57)33(7)63-38)66-45-39(55)36(23-29(3)62-45)52(11)21-18-35-27-54(51-50-35)22-17-34-15-19-49-20-16-34/h15-16,19-20,27-33,36-43,45,55-57,59-60H,14,17-18,21-26H2,1-13H3/t28-,29-,30+,31-,32-,33+,36+,37-,38+,39-,40+,41-,42+,43-,45+,46-,47-,48-/m1/s1. The summed E-state index contributed by atoms with van der Waals surface area (Å²) in [5.41, 5.74) is -2.50. The first-order valence-electron chi connectivity index (χ1n) is 24.0. The van der Waals surface area contributed by atoms with Gasteiger partial charge >= 0.3 is 5.97 Å². The first kappa shape index (κ1) is 54.2. The second-order valence-electron chi connectivity index (χ2n) is 20.5. The molecule has 0 aliphatic carbocycles. The molecule has 2 aromatic heterocycles. The van der Waals surface area contributed by atoms with Crippen LogP contribution in [0.1, 0.15) is 106 Å². The quantitative estimate of drug-likeness (QED) is 0.182. The number of aliphatic hydroxyl groups is 5. The lowest BCUT2D eigenvalue weighted by Gasteiger charge is -2.49. The third kappa shape index (κ3) is 12.9. The van der Waals surface area contributed by atoms with Crippen molar-refractivity contribution in [2.45, 2.75) is 205 Å². The molecule has 0 unspecified atom stereocenters. The molecule has 376 valence electrons. The van der Waals surface area contributed by atoms with Crippen molar-refractivity contribution in [3.8, 4) is 0 Å². The number of rotatable bonds is 13. The third-order valence-corrected chi connectivity index (χ3v) is 14.8. The maximum atomic E-state index is 14.4. The number of carbonyl (C=O) groups excluding carboxylic acids is 1. The van der Waals surface area contributed by atoms with Crippen LogP contribution in [0, 0.1) is 17.8 Å². The number of aliphatic hydroxyl groups excluding tert-OH is 3. The van der Waals surface area contributed by atoms with Gasteiger partial charge in [-0.1, -0.05) is 26.0 Å². The molecule has 0 spiro atoms. The number of ether oxygens (including phenoxy) is 6. The highest BCUT2D eigenvalue weighted by atomic mass is 16.7. The van der Waals surface area contributed by atoms with E-state index in [9.17, 15) is 30.3 Å². The molecule has 5 rings (SSSR count). The molecule has 5 heterocycles. The Kier molecular flexibility index (Phi) is 18.7. The van der Waals surface area contributed by atoms with Crippen LogP contribution < -0.4 is 0 Å². The van der Waals surface area contributed by atoms with Crippen LogP contribution >= 0.6 is 0 Å². The molecule has 66 heavy (non-hydrogen) atoms. The van der Waals surface area contributed by atoms with Crippen molar-refractivity contribution in [3.63, 3.8) is 0 Å². The van der Waals surface area contributed by atoms with Crippen LogP contribution in [0.3, 0.4) is 0 Å². The van der Waals surface area contributed by atoms with Gasteiger partial charge in [-0.25, -0.2) is 0 Å². The lowest BCUT2D eigenvalue weighted by atomic mass is 9.77.